The SMILES string of the molecule is CC/C=C\C/C=C\C/C=C\CCCCC(=O)OCC(COC(=O)CCCCC/C=C\C=C/CCCCCCCCC)OC(=O)CCCCCCCCCCCCCCC. The Hall–Kier alpha value is -2.89. The number of rotatable bonds is 44. The van der Waals surface area contributed by atoms with Crippen molar-refractivity contribution in [2.45, 2.75) is 245 Å². The van der Waals surface area contributed by atoms with Crippen molar-refractivity contribution in [3.05, 3.63) is 60.8 Å². The molecule has 0 fully saturated rings. The highest BCUT2D eigenvalue weighted by molar-refractivity contribution is 5.71. The van der Waals surface area contributed by atoms with Gasteiger partial charge in [-0.1, -0.05) is 204 Å². The van der Waals surface area contributed by atoms with Crippen molar-refractivity contribution in [3.8, 4) is 0 Å². The minimum atomic E-state index is -0.796. The van der Waals surface area contributed by atoms with Gasteiger partial charge in [0.25, 0.3) is 0 Å². The molecule has 340 valence electrons. The largest absolute Gasteiger partial charge is 0.462 e. The lowest BCUT2D eigenvalue weighted by Gasteiger charge is -2.18. The standard InChI is InChI=1S/C53H92O6/c1-4-7-10-13-16-19-22-25-26-27-29-31-34-37-40-43-46-52(55)58-49-50(48-57-51(54)45-42-39-36-33-30-24-21-18-15-12-9-6-3)59-53(56)47-44-41-38-35-32-28-23-20-17-14-11-8-5-2/h9,12,18,21,26-27,29-31,33,50H,4-8,10-11,13-17,19-20,22-25,28,32,34-49H2,1-3H3/b12-9-,21-18-,27-26-,31-29-,33-30-. The van der Waals surface area contributed by atoms with Crippen molar-refractivity contribution >= 4 is 17.9 Å². The Morgan fingerprint density at radius 3 is 1.19 bits per heavy atom. The van der Waals surface area contributed by atoms with Crippen LogP contribution in [0.5, 0.6) is 0 Å². The topological polar surface area (TPSA) is 78.9 Å². The van der Waals surface area contributed by atoms with Crippen LogP contribution in [0.3, 0.4) is 0 Å². The minimum absolute atomic E-state index is 0.0987. The fraction of sp³-hybridized carbons (Fsp3) is 0.755. The van der Waals surface area contributed by atoms with E-state index < -0.39 is 6.10 Å². The van der Waals surface area contributed by atoms with E-state index in [1.165, 1.54) is 109 Å². The van der Waals surface area contributed by atoms with Crippen LogP contribution in [-0.2, 0) is 28.6 Å². The fourth-order valence-corrected chi connectivity index (χ4v) is 6.80. The van der Waals surface area contributed by atoms with E-state index >= 15 is 0 Å². The zero-order valence-corrected chi connectivity index (χ0v) is 38.8. The second-order valence-corrected chi connectivity index (χ2v) is 16.4. The van der Waals surface area contributed by atoms with Gasteiger partial charge in [0, 0.05) is 19.3 Å². The second-order valence-electron chi connectivity index (χ2n) is 16.4. The highest BCUT2D eigenvalue weighted by Crippen LogP contribution is 2.14. The number of hydrogen-bond acceptors (Lipinski definition) is 6. The number of carbonyl (C=O) groups is 3. The van der Waals surface area contributed by atoms with Gasteiger partial charge in [-0.2, -0.15) is 0 Å². The molecule has 0 N–H and O–H groups in total. The first kappa shape index (κ1) is 56.1. The van der Waals surface area contributed by atoms with Crippen LogP contribution in [-0.4, -0.2) is 37.2 Å². The molecule has 0 saturated heterocycles. The van der Waals surface area contributed by atoms with E-state index in [1.54, 1.807) is 0 Å². The molecule has 0 rings (SSSR count). The van der Waals surface area contributed by atoms with Crippen LogP contribution < -0.4 is 0 Å². The number of hydrogen-bond donors (Lipinski definition) is 0. The highest BCUT2D eigenvalue weighted by atomic mass is 16.6. The van der Waals surface area contributed by atoms with Gasteiger partial charge in [-0.05, 0) is 77.0 Å². The van der Waals surface area contributed by atoms with E-state index in [0.717, 1.165) is 89.9 Å². The van der Waals surface area contributed by atoms with Crippen LogP contribution >= 0.6 is 0 Å². The van der Waals surface area contributed by atoms with Gasteiger partial charge in [0.1, 0.15) is 13.2 Å². The summed E-state index contributed by atoms with van der Waals surface area (Å²) < 4.78 is 16.7. The van der Waals surface area contributed by atoms with Gasteiger partial charge >= 0.3 is 17.9 Å². The Kier molecular flexibility index (Phi) is 45.4. The molecule has 1 unspecified atom stereocenters. The lowest BCUT2D eigenvalue weighted by atomic mass is 10.0. The van der Waals surface area contributed by atoms with E-state index in [0.29, 0.717) is 19.3 Å². The maximum atomic E-state index is 12.8. The third-order valence-corrected chi connectivity index (χ3v) is 10.5. The lowest BCUT2D eigenvalue weighted by Crippen LogP contribution is -2.30. The maximum Gasteiger partial charge on any atom is 0.306 e. The van der Waals surface area contributed by atoms with Crippen molar-refractivity contribution in [1.29, 1.82) is 0 Å². The van der Waals surface area contributed by atoms with Crippen molar-refractivity contribution in [2.24, 2.45) is 0 Å². The molecule has 6 nitrogen and oxygen atoms in total. The van der Waals surface area contributed by atoms with Gasteiger partial charge in [-0.25, -0.2) is 0 Å². The average Bonchev–Trinajstić information content (AvgIpc) is 3.23. The minimum Gasteiger partial charge on any atom is -0.462 e. The molecule has 0 heterocycles. The third-order valence-electron chi connectivity index (χ3n) is 10.5. The normalized spacial score (nSPS) is 12.5. The average molecular weight is 825 g/mol. The molecular formula is C53H92O6. The molecule has 0 spiro atoms. The predicted molar refractivity (Wildman–Crippen MR) is 251 cm³/mol. The summed E-state index contributed by atoms with van der Waals surface area (Å²) in [5.74, 6) is -0.960. The van der Waals surface area contributed by atoms with Gasteiger partial charge in [0.15, 0.2) is 6.10 Å². The highest BCUT2D eigenvalue weighted by Gasteiger charge is 2.19. The van der Waals surface area contributed by atoms with Gasteiger partial charge in [0.05, 0.1) is 0 Å². The smallest absolute Gasteiger partial charge is 0.306 e. The Morgan fingerprint density at radius 2 is 0.712 bits per heavy atom. The van der Waals surface area contributed by atoms with Crippen molar-refractivity contribution < 1.29 is 28.6 Å². The fourth-order valence-electron chi connectivity index (χ4n) is 6.80. The zero-order valence-electron chi connectivity index (χ0n) is 38.8. The predicted octanol–water partition coefficient (Wildman–Crippen LogP) is 16.1. The first-order chi connectivity index (χ1) is 29.0. The van der Waals surface area contributed by atoms with Crippen LogP contribution in [0.15, 0.2) is 60.8 Å². The van der Waals surface area contributed by atoms with Gasteiger partial charge < -0.3 is 14.2 Å². The van der Waals surface area contributed by atoms with Crippen molar-refractivity contribution in [2.75, 3.05) is 13.2 Å². The Balaban J connectivity index is 4.45. The molecule has 0 aliphatic rings. The molecule has 0 aliphatic carbocycles. The van der Waals surface area contributed by atoms with E-state index in [4.69, 9.17) is 14.2 Å². The Morgan fingerprint density at radius 1 is 0.373 bits per heavy atom. The van der Waals surface area contributed by atoms with E-state index in [9.17, 15) is 14.4 Å². The number of unbranched alkanes of at least 4 members (excludes halogenated alkanes) is 24. The molecule has 0 aromatic heterocycles. The summed E-state index contributed by atoms with van der Waals surface area (Å²) in [6, 6.07) is 0. The molecule has 0 aromatic rings. The number of allylic oxidation sites excluding steroid dienone is 10. The van der Waals surface area contributed by atoms with E-state index in [2.05, 4.69) is 81.5 Å². The molecule has 59 heavy (non-hydrogen) atoms. The summed E-state index contributed by atoms with van der Waals surface area (Å²) in [6.07, 6.45) is 57.8. The first-order valence-electron chi connectivity index (χ1n) is 24.8. The number of ether oxygens (including phenoxy) is 3. The maximum absolute atomic E-state index is 12.8. The molecule has 0 saturated carbocycles. The summed E-state index contributed by atoms with van der Waals surface area (Å²) >= 11 is 0. The first-order valence-corrected chi connectivity index (χ1v) is 24.8. The lowest BCUT2D eigenvalue weighted by molar-refractivity contribution is -0.167. The van der Waals surface area contributed by atoms with Gasteiger partial charge in [-0.15, -0.1) is 0 Å². The molecular weight excluding hydrogens is 733 g/mol. The zero-order chi connectivity index (χ0) is 43.0. The van der Waals surface area contributed by atoms with Gasteiger partial charge in [-0.3, -0.25) is 14.4 Å². The monoisotopic (exact) mass is 825 g/mol. The number of carbonyl (C=O) groups excluding carboxylic acids is 3. The summed E-state index contributed by atoms with van der Waals surface area (Å²) in [4.78, 5) is 37.8. The Bertz CT molecular complexity index is 1090. The summed E-state index contributed by atoms with van der Waals surface area (Å²) in [7, 11) is 0. The van der Waals surface area contributed by atoms with Crippen LogP contribution in [0.1, 0.15) is 239 Å². The van der Waals surface area contributed by atoms with Crippen LogP contribution in [0.4, 0.5) is 0 Å². The van der Waals surface area contributed by atoms with Gasteiger partial charge in [0.2, 0.25) is 0 Å². The molecule has 0 bridgehead atoms. The molecule has 1 atom stereocenters. The van der Waals surface area contributed by atoms with Crippen LogP contribution in [0, 0.1) is 0 Å². The third kappa shape index (κ3) is 46.0. The molecule has 0 aliphatic heterocycles. The van der Waals surface area contributed by atoms with Crippen molar-refractivity contribution in [1.82, 2.24) is 0 Å². The molecule has 6 heteroatoms. The summed E-state index contributed by atoms with van der Waals surface area (Å²) in [5.41, 5.74) is 0. The molecule has 0 amide bonds. The molecule has 0 radical (unpaired) electrons. The molecule has 0 aromatic carbocycles. The van der Waals surface area contributed by atoms with E-state index in [1.807, 2.05) is 0 Å². The summed E-state index contributed by atoms with van der Waals surface area (Å²) in [5, 5.41) is 0. The number of esters is 3. The van der Waals surface area contributed by atoms with Crippen LogP contribution in [0.25, 0.3) is 0 Å². The Labute approximate surface area is 364 Å². The quantitative estimate of drug-likeness (QED) is 0.0200. The van der Waals surface area contributed by atoms with Crippen molar-refractivity contribution in [3.63, 3.8) is 0 Å². The summed E-state index contributed by atoms with van der Waals surface area (Å²) in [6.45, 7) is 6.46. The second kappa shape index (κ2) is 47.8. The van der Waals surface area contributed by atoms with Crippen LogP contribution in [0.2, 0.25) is 0 Å². The van der Waals surface area contributed by atoms with E-state index in [-0.39, 0.29) is 31.1 Å².